The van der Waals surface area contributed by atoms with Crippen LogP contribution in [0.25, 0.3) is 0 Å². The Morgan fingerprint density at radius 1 is 1.32 bits per heavy atom. The third-order valence-corrected chi connectivity index (χ3v) is 4.86. The maximum absolute atomic E-state index is 3.63. The standard InChI is InChI=1S/C16H30N2S/c1-5-6-7-9-14(2)17-11-12-18(4)15(3)16-10-8-13-19-16/h8,10,13-15,17H,5-7,9,11-12H2,1-4H3. The van der Waals surface area contributed by atoms with E-state index in [1.54, 1.807) is 0 Å². The van der Waals surface area contributed by atoms with Crippen LogP contribution in [-0.4, -0.2) is 31.1 Å². The Morgan fingerprint density at radius 3 is 2.74 bits per heavy atom. The lowest BCUT2D eigenvalue weighted by molar-refractivity contribution is 0.260. The second-order valence-electron chi connectivity index (χ2n) is 5.52. The van der Waals surface area contributed by atoms with Crippen molar-refractivity contribution in [3.8, 4) is 0 Å². The molecule has 0 spiro atoms. The van der Waals surface area contributed by atoms with E-state index in [-0.39, 0.29) is 0 Å². The van der Waals surface area contributed by atoms with Gasteiger partial charge in [0.2, 0.25) is 0 Å². The molecule has 0 amide bonds. The van der Waals surface area contributed by atoms with E-state index in [0.29, 0.717) is 12.1 Å². The highest BCUT2D eigenvalue weighted by atomic mass is 32.1. The molecule has 0 radical (unpaired) electrons. The van der Waals surface area contributed by atoms with E-state index in [1.807, 2.05) is 11.3 Å². The van der Waals surface area contributed by atoms with Gasteiger partial charge in [0.15, 0.2) is 0 Å². The van der Waals surface area contributed by atoms with Gasteiger partial charge in [-0.3, -0.25) is 4.90 Å². The van der Waals surface area contributed by atoms with E-state index in [9.17, 15) is 0 Å². The number of likely N-dealkylation sites (N-methyl/N-ethyl adjacent to an activating group) is 1. The van der Waals surface area contributed by atoms with Crippen molar-refractivity contribution < 1.29 is 0 Å². The van der Waals surface area contributed by atoms with Crippen LogP contribution in [0.15, 0.2) is 17.5 Å². The van der Waals surface area contributed by atoms with Crippen LogP contribution in [0.5, 0.6) is 0 Å². The van der Waals surface area contributed by atoms with Gasteiger partial charge >= 0.3 is 0 Å². The molecule has 0 fully saturated rings. The molecule has 0 saturated heterocycles. The summed E-state index contributed by atoms with van der Waals surface area (Å²) in [5.74, 6) is 0. The molecule has 2 unspecified atom stereocenters. The van der Waals surface area contributed by atoms with Gasteiger partial charge in [0.1, 0.15) is 0 Å². The number of thiophene rings is 1. The number of nitrogens with one attached hydrogen (secondary N) is 1. The Bertz CT molecular complexity index is 311. The van der Waals surface area contributed by atoms with E-state index < -0.39 is 0 Å². The Balaban J connectivity index is 2.14. The third kappa shape index (κ3) is 6.55. The molecule has 0 saturated carbocycles. The van der Waals surface area contributed by atoms with Crippen LogP contribution in [0.3, 0.4) is 0 Å². The van der Waals surface area contributed by atoms with E-state index in [4.69, 9.17) is 0 Å². The number of rotatable bonds is 10. The van der Waals surface area contributed by atoms with Crippen molar-refractivity contribution in [2.24, 2.45) is 0 Å². The molecule has 0 aromatic carbocycles. The molecule has 3 heteroatoms. The van der Waals surface area contributed by atoms with Crippen molar-refractivity contribution in [2.45, 2.75) is 58.5 Å². The van der Waals surface area contributed by atoms with Gasteiger partial charge in [-0.05, 0) is 38.8 Å². The summed E-state index contributed by atoms with van der Waals surface area (Å²) >= 11 is 1.85. The molecule has 1 N–H and O–H groups in total. The van der Waals surface area contributed by atoms with Gasteiger partial charge in [-0.15, -0.1) is 11.3 Å². The first-order chi connectivity index (χ1) is 9.15. The Labute approximate surface area is 123 Å². The highest BCUT2D eigenvalue weighted by Gasteiger charge is 2.12. The lowest BCUT2D eigenvalue weighted by Crippen LogP contribution is -2.35. The van der Waals surface area contributed by atoms with Gasteiger partial charge in [-0.25, -0.2) is 0 Å². The number of unbranched alkanes of at least 4 members (excludes halogenated alkanes) is 2. The minimum atomic E-state index is 0.525. The maximum Gasteiger partial charge on any atom is 0.0410 e. The third-order valence-electron chi connectivity index (χ3n) is 3.81. The molecule has 0 bridgehead atoms. The van der Waals surface area contributed by atoms with Gasteiger partial charge in [0.25, 0.3) is 0 Å². The van der Waals surface area contributed by atoms with Gasteiger partial charge in [-0.1, -0.05) is 32.3 Å². The molecular weight excluding hydrogens is 252 g/mol. The van der Waals surface area contributed by atoms with Crippen molar-refractivity contribution in [2.75, 3.05) is 20.1 Å². The lowest BCUT2D eigenvalue weighted by Gasteiger charge is -2.25. The van der Waals surface area contributed by atoms with E-state index >= 15 is 0 Å². The van der Waals surface area contributed by atoms with Crippen molar-refractivity contribution in [1.29, 1.82) is 0 Å². The van der Waals surface area contributed by atoms with E-state index in [1.165, 1.54) is 30.6 Å². The molecule has 1 rings (SSSR count). The number of nitrogens with zero attached hydrogens (tertiary/aromatic N) is 1. The molecule has 1 heterocycles. The van der Waals surface area contributed by atoms with Gasteiger partial charge in [0, 0.05) is 30.1 Å². The lowest BCUT2D eigenvalue weighted by atomic mass is 10.1. The highest BCUT2D eigenvalue weighted by Crippen LogP contribution is 2.22. The van der Waals surface area contributed by atoms with E-state index in [2.05, 4.69) is 55.5 Å². The average Bonchev–Trinajstić information content (AvgIpc) is 2.92. The van der Waals surface area contributed by atoms with Crippen LogP contribution in [-0.2, 0) is 0 Å². The predicted molar refractivity (Wildman–Crippen MR) is 87.0 cm³/mol. The second-order valence-corrected chi connectivity index (χ2v) is 6.50. The Morgan fingerprint density at radius 2 is 2.11 bits per heavy atom. The smallest absolute Gasteiger partial charge is 0.0410 e. The SMILES string of the molecule is CCCCCC(C)NCCN(C)C(C)c1cccs1. The van der Waals surface area contributed by atoms with Crippen LogP contribution >= 0.6 is 11.3 Å². The quantitative estimate of drug-likeness (QED) is 0.644. The molecule has 0 aliphatic carbocycles. The minimum absolute atomic E-state index is 0.525. The molecule has 110 valence electrons. The zero-order valence-corrected chi connectivity index (χ0v) is 13.8. The summed E-state index contributed by atoms with van der Waals surface area (Å²) in [5, 5.41) is 5.79. The van der Waals surface area contributed by atoms with Crippen LogP contribution in [0.1, 0.15) is 57.4 Å². The molecule has 2 atom stereocenters. The molecular formula is C16H30N2S. The summed E-state index contributed by atoms with van der Waals surface area (Å²) in [6, 6.07) is 5.54. The minimum Gasteiger partial charge on any atom is -0.313 e. The summed E-state index contributed by atoms with van der Waals surface area (Å²) in [7, 11) is 2.22. The Kier molecular flexibility index (Phi) is 8.35. The molecule has 1 aromatic heterocycles. The number of hydrogen-bond donors (Lipinski definition) is 1. The monoisotopic (exact) mass is 282 g/mol. The first-order valence-electron chi connectivity index (χ1n) is 7.62. The molecule has 2 nitrogen and oxygen atoms in total. The van der Waals surface area contributed by atoms with Crippen LogP contribution < -0.4 is 5.32 Å². The van der Waals surface area contributed by atoms with Crippen molar-refractivity contribution >= 4 is 11.3 Å². The molecule has 19 heavy (non-hydrogen) atoms. The largest absolute Gasteiger partial charge is 0.313 e. The zero-order valence-electron chi connectivity index (χ0n) is 13.0. The molecule has 1 aromatic rings. The number of hydrogen-bond acceptors (Lipinski definition) is 3. The van der Waals surface area contributed by atoms with Crippen molar-refractivity contribution in [3.63, 3.8) is 0 Å². The van der Waals surface area contributed by atoms with Gasteiger partial charge in [-0.2, -0.15) is 0 Å². The first kappa shape index (κ1) is 16.7. The summed E-state index contributed by atoms with van der Waals surface area (Å²) < 4.78 is 0. The highest BCUT2D eigenvalue weighted by molar-refractivity contribution is 7.10. The summed E-state index contributed by atoms with van der Waals surface area (Å²) in [4.78, 5) is 3.89. The van der Waals surface area contributed by atoms with Gasteiger partial charge in [0.05, 0.1) is 0 Å². The normalized spacial score (nSPS) is 14.8. The van der Waals surface area contributed by atoms with E-state index in [0.717, 1.165) is 13.1 Å². The second kappa shape index (κ2) is 9.51. The fourth-order valence-corrected chi connectivity index (χ4v) is 3.08. The zero-order chi connectivity index (χ0) is 14.1. The Hall–Kier alpha value is -0.380. The average molecular weight is 282 g/mol. The molecule has 0 aliphatic heterocycles. The van der Waals surface area contributed by atoms with Crippen molar-refractivity contribution in [3.05, 3.63) is 22.4 Å². The molecule has 0 aliphatic rings. The summed E-state index contributed by atoms with van der Waals surface area (Å²) in [5.41, 5.74) is 0. The summed E-state index contributed by atoms with van der Waals surface area (Å²) in [6.45, 7) is 9.05. The predicted octanol–water partition coefficient (Wildman–Crippen LogP) is 4.30. The van der Waals surface area contributed by atoms with Crippen LogP contribution in [0.2, 0.25) is 0 Å². The van der Waals surface area contributed by atoms with Gasteiger partial charge < -0.3 is 5.32 Å². The summed E-state index contributed by atoms with van der Waals surface area (Å²) in [6.07, 6.45) is 5.33. The fourth-order valence-electron chi connectivity index (χ4n) is 2.23. The van der Waals surface area contributed by atoms with Crippen LogP contribution in [0.4, 0.5) is 0 Å². The van der Waals surface area contributed by atoms with Crippen LogP contribution in [0, 0.1) is 0 Å². The topological polar surface area (TPSA) is 15.3 Å². The maximum atomic E-state index is 3.63. The van der Waals surface area contributed by atoms with Crippen molar-refractivity contribution in [1.82, 2.24) is 10.2 Å². The first-order valence-corrected chi connectivity index (χ1v) is 8.50. The fraction of sp³-hybridized carbons (Fsp3) is 0.750.